The topological polar surface area (TPSA) is 78.7 Å². The first-order chi connectivity index (χ1) is 11.6. The van der Waals surface area contributed by atoms with Crippen LogP contribution in [0, 0.1) is 10.1 Å². The Morgan fingerprint density at radius 1 is 1.17 bits per heavy atom. The van der Waals surface area contributed by atoms with E-state index in [0.717, 1.165) is 12.0 Å². The van der Waals surface area contributed by atoms with Crippen LogP contribution in [0.5, 0.6) is 5.75 Å². The van der Waals surface area contributed by atoms with Crippen LogP contribution in [-0.2, 0) is 22.6 Å². The summed E-state index contributed by atoms with van der Waals surface area (Å²) in [5.74, 6) is -0.0741. The Kier molecular flexibility index (Phi) is 6.31. The molecule has 0 heterocycles. The van der Waals surface area contributed by atoms with E-state index in [9.17, 15) is 14.9 Å². The molecule has 2 aromatic carbocycles. The number of carbonyl (C=O) groups is 1. The van der Waals surface area contributed by atoms with Gasteiger partial charge in [-0.25, -0.2) is 4.79 Å². The summed E-state index contributed by atoms with van der Waals surface area (Å²) in [5.41, 5.74) is 1.56. The molecule has 0 aromatic heterocycles. The molecule has 0 aliphatic heterocycles. The van der Waals surface area contributed by atoms with Gasteiger partial charge in [0.25, 0.3) is 5.69 Å². The van der Waals surface area contributed by atoms with Gasteiger partial charge in [-0.3, -0.25) is 10.1 Å². The van der Waals surface area contributed by atoms with E-state index in [4.69, 9.17) is 9.47 Å². The monoisotopic (exact) mass is 329 g/mol. The number of benzene rings is 2. The molecule has 0 N–H and O–H groups in total. The molecule has 2 rings (SSSR count). The van der Waals surface area contributed by atoms with Crippen molar-refractivity contribution in [2.24, 2.45) is 0 Å². The van der Waals surface area contributed by atoms with Crippen LogP contribution >= 0.6 is 0 Å². The number of aryl methyl sites for hydroxylation is 1. The number of rotatable bonds is 8. The molecule has 6 heteroatoms. The molecule has 0 saturated carbocycles. The maximum absolute atomic E-state index is 11.7. The Labute approximate surface area is 140 Å². The van der Waals surface area contributed by atoms with Crippen LogP contribution in [0.2, 0.25) is 0 Å². The number of esters is 1. The number of hydrogen-bond acceptors (Lipinski definition) is 5. The van der Waals surface area contributed by atoms with Gasteiger partial charge in [0.2, 0.25) is 0 Å². The van der Waals surface area contributed by atoms with Crippen molar-refractivity contribution < 1.29 is 19.2 Å². The number of hydrogen-bond donors (Lipinski definition) is 0. The maximum atomic E-state index is 11.7. The number of carbonyl (C=O) groups excluding carboxylic acids is 1. The van der Waals surface area contributed by atoms with Crippen LogP contribution in [0.15, 0.2) is 48.5 Å². The molecule has 0 amide bonds. The number of ether oxygens (including phenoxy) is 2. The summed E-state index contributed by atoms with van der Waals surface area (Å²) < 4.78 is 10.5. The fraction of sp³-hybridized carbons (Fsp3) is 0.278. The van der Waals surface area contributed by atoms with E-state index in [1.807, 2.05) is 37.3 Å². The Bertz CT molecular complexity index is 700. The average molecular weight is 329 g/mol. The molecule has 0 atom stereocenters. The molecule has 24 heavy (non-hydrogen) atoms. The summed E-state index contributed by atoms with van der Waals surface area (Å²) in [7, 11) is 0. The molecular formula is C18H19NO5. The molecule has 6 nitrogen and oxygen atoms in total. The number of nitrogens with zero attached hydrogens (tertiary/aromatic N) is 1. The molecule has 0 aliphatic rings. The van der Waals surface area contributed by atoms with E-state index >= 15 is 0 Å². The van der Waals surface area contributed by atoms with Crippen molar-refractivity contribution >= 4 is 11.7 Å². The minimum atomic E-state index is -0.491. The second-order valence-electron chi connectivity index (χ2n) is 5.23. The van der Waals surface area contributed by atoms with Gasteiger partial charge in [0, 0.05) is 11.6 Å². The van der Waals surface area contributed by atoms with Crippen molar-refractivity contribution in [1.82, 2.24) is 0 Å². The van der Waals surface area contributed by atoms with E-state index in [1.54, 1.807) is 6.07 Å². The largest absolute Gasteiger partial charge is 0.482 e. The predicted molar refractivity (Wildman–Crippen MR) is 88.8 cm³/mol. The fourth-order valence-corrected chi connectivity index (χ4v) is 2.22. The van der Waals surface area contributed by atoms with Gasteiger partial charge in [0.1, 0.15) is 12.4 Å². The highest BCUT2D eigenvalue weighted by atomic mass is 16.6. The van der Waals surface area contributed by atoms with Crippen molar-refractivity contribution in [3.8, 4) is 5.75 Å². The SMILES string of the molecule is CCCc1cc(OCC(=O)OCc2ccccc2)ccc1[N+](=O)[O-]. The van der Waals surface area contributed by atoms with Crippen molar-refractivity contribution in [1.29, 1.82) is 0 Å². The smallest absolute Gasteiger partial charge is 0.344 e. The zero-order valence-electron chi connectivity index (χ0n) is 13.4. The van der Waals surface area contributed by atoms with Gasteiger partial charge in [0.15, 0.2) is 6.61 Å². The predicted octanol–water partition coefficient (Wildman–Crippen LogP) is 3.67. The number of nitro benzene ring substituents is 1. The molecule has 0 saturated heterocycles. The molecule has 0 spiro atoms. The van der Waals surface area contributed by atoms with Crippen molar-refractivity contribution in [3.63, 3.8) is 0 Å². The molecule has 0 radical (unpaired) electrons. The van der Waals surface area contributed by atoms with E-state index in [2.05, 4.69) is 0 Å². The lowest BCUT2D eigenvalue weighted by Gasteiger charge is -2.09. The van der Waals surface area contributed by atoms with E-state index in [-0.39, 0.29) is 18.9 Å². The third-order valence-corrected chi connectivity index (χ3v) is 3.37. The van der Waals surface area contributed by atoms with Crippen LogP contribution in [-0.4, -0.2) is 17.5 Å². The summed E-state index contributed by atoms with van der Waals surface area (Å²) in [5, 5.41) is 11.0. The summed E-state index contributed by atoms with van der Waals surface area (Å²) in [4.78, 5) is 22.3. The van der Waals surface area contributed by atoms with Crippen molar-refractivity contribution in [3.05, 3.63) is 69.8 Å². The van der Waals surface area contributed by atoms with E-state index in [1.165, 1.54) is 12.1 Å². The second kappa shape index (κ2) is 8.67. The fourth-order valence-electron chi connectivity index (χ4n) is 2.22. The molecule has 2 aromatic rings. The lowest BCUT2D eigenvalue weighted by molar-refractivity contribution is -0.385. The molecule has 126 valence electrons. The lowest BCUT2D eigenvalue weighted by atomic mass is 10.1. The van der Waals surface area contributed by atoms with Gasteiger partial charge in [-0.15, -0.1) is 0 Å². The van der Waals surface area contributed by atoms with Crippen LogP contribution in [0.25, 0.3) is 0 Å². The Hall–Kier alpha value is -2.89. The van der Waals surface area contributed by atoms with Gasteiger partial charge in [-0.1, -0.05) is 43.7 Å². The van der Waals surface area contributed by atoms with Crippen LogP contribution in [0.1, 0.15) is 24.5 Å². The van der Waals surface area contributed by atoms with Crippen LogP contribution < -0.4 is 4.74 Å². The Morgan fingerprint density at radius 2 is 1.92 bits per heavy atom. The van der Waals surface area contributed by atoms with Crippen molar-refractivity contribution in [2.75, 3.05) is 6.61 Å². The lowest BCUT2D eigenvalue weighted by Crippen LogP contribution is -2.14. The van der Waals surface area contributed by atoms with E-state index < -0.39 is 10.9 Å². The first-order valence-electron chi connectivity index (χ1n) is 7.69. The molecular weight excluding hydrogens is 310 g/mol. The average Bonchev–Trinajstić information content (AvgIpc) is 2.59. The second-order valence-corrected chi connectivity index (χ2v) is 5.23. The maximum Gasteiger partial charge on any atom is 0.344 e. The van der Waals surface area contributed by atoms with Crippen LogP contribution in [0.4, 0.5) is 5.69 Å². The summed E-state index contributed by atoms with van der Waals surface area (Å²) in [6, 6.07) is 13.8. The molecule has 0 aliphatic carbocycles. The summed E-state index contributed by atoms with van der Waals surface area (Å²) in [6.45, 7) is 1.89. The quantitative estimate of drug-likeness (QED) is 0.419. The number of nitro groups is 1. The minimum absolute atomic E-state index is 0.0656. The van der Waals surface area contributed by atoms with Gasteiger partial charge in [-0.05, 0) is 24.1 Å². The highest BCUT2D eigenvalue weighted by molar-refractivity contribution is 5.71. The van der Waals surface area contributed by atoms with Gasteiger partial charge in [-0.2, -0.15) is 0 Å². The summed E-state index contributed by atoms with van der Waals surface area (Å²) in [6.07, 6.45) is 1.36. The van der Waals surface area contributed by atoms with Gasteiger partial charge >= 0.3 is 5.97 Å². The Balaban J connectivity index is 1.90. The summed E-state index contributed by atoms with van der Waals surface area (Å²) >= 11 is 0. The van der Waals surface area contributed by atoms with Crippen LogP contribution in [0.3, 0.4) is 0 Å². The normalized spacial score (nSPS) is 10.2. The third-order valence-electron chi connectivity index (χ3n) is 3.37. The minimum Gasteiger partial charge on any atom is -0.482 e. The van der Waals surface area contributed by atoms with Gasteiger partial charge < -0.3 is 9.47 Å². The zero-order chi connectivity index (χ0) is 17.4. The van der Waals surface area contributed by atoms with E-state index in [0.29, 0.717) is 17.7 Å². The van der Waals surface area contributed by atoms with Crippen molar-refractivity contribution in [2.45, 2.75) is 26.4 Å². The van der Waals surface area contributed by atoms with Gasteiger partial charge in [0.05, 0.1) is 4.92 Å². The standard InChI is InChI=1S/C18H19NO5/c1-2-6-15-11-16(9-10-17(15)19(21)22)23-13-18(20)24-12-14-7-4-3-5-8-14/h3-5,7-11H,2,6,12-13H2,1H3. The molecule has 0 fully saturated rings. The first kappa shape index (κ1) is 17.5. The molecule has 0 unspecified atom stereocenters. The Morgan fingerprint density at radius 3 is 2.58 bits per heavy atom. The highest BCUT2D eigenvalue weighted by Gasteiger charge is 2.14. The molecule has 0 bridgehead atoms. The highest BCUT2D eigenvalue weighted by Crippen LogP contribution is 2.25. The zero-order valence-corrected chi connectivity index (χ0v) is 13.4. The first-order valence-corrected chi connectivity index (χ1v) is 7.69. The third kappa shape index (κ3) is 5.08.